The Kier molecular flexibility index (Phi) is 11.8. The number of hydrogen-bond donors (Lipinski definition) is 3. The van der Waals surface area contributed by atoms with E-state index in [1.807, 2.05) is 33.8 Å². The molecule has 1 unspecified atom stereocenters. The minimum Gasteiger partial charge on any atom is -0.379 e. The van der Waals surface area contributed by atoms with Gasteiger partial charge >= 0.3 is 0 Å². The zero-order valence-electron chi connectivity index (χ0n) is 19.5. The molecule has 1 atom stereocenters. The lowest BCUT2D eigenvalue weighted by molar-refractivity contribution is 0.0205. The van der Waals surface area contributed by atoms with Crippen molar-refractivity contribution in [3.63, 3.8) is 0 Å². The first kappa shape index (κ1) is 29.1. The molecule has 0 radical (unpaired) electrons. The Morgan fingerprint density at radius 1 is 1.10 bits per heavy atom. The molecule has 174 valence electrons. The largest absolute Gasteiger partial charge is 0.379 e. The van der Waals surface area contributed by atoms with E-state index in [0.29, 0.717) is 24.6 Å². The fraction of sp³-hybridized carbons (Fsp3) is 0.667. The van der Waals surface area contributed by atoms with Crippen molar-refractivity contribution >= 4 is 40.0 Å². The van der Waals surface area contributed by atoms with E-state index in [9.17, 15) is 8.42 Å². The van der Waals surface area contributed by atoms with Crippen LogP contribution in [0.2, 0.25) is 0 Å². The van der Waals surface area contributed by atoms with Gasteiger partial charge in [-0.25, -0.2) is 18.1 Å². The van der Waals surface area contributed by atoms with E-state index < -0.39 is 15.6 Å². The Labute approximate surface area is 199 Å². The van der Waals surface area contributed by atoms with Crippen LogP contribution in [-0.2, 0) is 21.3 Å². The molecular formula is C21H39IN4O3S. The zero-order valence-corrected chi connectivity index (χ0v) is 22.6. The van der Waals surface area contributed by atoms with Crippen LogP contribution in [0.25, 0.3) is 0 Å². The summed E-state index contributed by atoms with van der Waals surface area (Å²) in [6.45, 7) is 15.3. The van der Waals surface area contributed by atoms with Gasteiger partial charge in [-0.3, -0.25) is 0 Å². The number of halogens is 1. The van der Waals surface area contributed by atoms with Crippen LogP contribution >= 0.6 is 24.0 Å². The highest BCUT2D eigenvalue weighted by Crippen LogP contribution is 2.21. The van der Waals surface area contributed by atoms with Gasteiger partial charge in [-0.05, 0) is 44.7 Å². The lowest BCUT2D eigenvalue weighted by Gasteiger charge is -2.30. The maximum atomic E-state index is 12.8. The first-order valence-electron chi connectivity index (χ1n) is 9.97. The predicted octanol–water partition coefficient (Wildman–Crippen LogP) is 3.50. The van der Waals surface area contributed by atoms with Crippen LogP contribution in [0.4, 0.5) is 0 Å². The van der Waals surface area contributed by atoms with Gasteiger partial charge in [-0.1, -0.05) is 39.0 Å². The van der Waals surface area contributed by atoms with E-state index in [1.165, 1.54) is 0 Å². The number of nitrogens with one attached hydrogen (secondary N) is 3. The third kappa shape index (κ3) is 9.93. The molecule has 0 saturated heterocycles. The van der Waals surface area contributed by atoms with E-state index >= 15 is 0 Å². The minimum atomic E-state index is -3.64. The topological polar surface area (TPSA) is 91.8 Å². The SMILES string of the molecule is CCNC(=NCc1ccccc1S(=O)(=O)NC(C)(C)C)NCC(OC)C(C)(C)C.I. The highest BCUT2D eigenvalue weighted by Gasteiger charge is 2.25. The van der Waals surface area contributed by atoms with Crippen molar-refractivity contribution in [2.75, 3.05) is 20.2 Å². The average Bonchev–Trinajstić information content (AvgIpc) is 2.57. The summed E-state index contributed by atoms with van der Waals surface area (Å²) in [5, 5.41) is 6.49. The zero-order chi connectivity index (χ0) is 22.3. The number of benzene rings is 1. The van der Waals surface area contributed by atoms with Crippen molar-refractivity contribution < 1.29 is 13.2 Å². The van der Waals surface area contributed by atoms with Crippen molar-refractivity contribution in [1.82, 2.24) is 15.4 Å². The standard InChI is InChI=1S/C21H38N4O3S.HI/c1-9-22-19(24-15-18(28-8)20(2,3)4)23-14-16-12-10-11-13-17(16)29(26,27)25-21(5,6)7;/h10-13,18,25H,9,14-15H2,1-8H3,(H2,22,23,24);1H. The predicted molar refractivity (Wildman–Crippen MR) is 135 cm³/mol. The summed E-state index contributed by atoms with van der Waals surface area (Å²) in [7, 11) is -1.94. The Hall–Kier alpha value is -0.910. The molecule has 0 aliphatic heterocycles. The van der Waals surface area contributed by atoms with E-state index in [0.717, 1.165) is 0 Å². The molecule has 30 heavy (non-hydrogen) atoms. The van der Waals surface area contributed by atoms with Gasteiger partial charge in [-0.15, -0.1) is 24.0 Å². The smallest absolute Gasteiger partial charge is 0.241 e. The van der Waals surface area contributed by atoms with E-state index in [4.69, 9.17) is 4.74 Å². The Bertz CT molecular complexity index is 784. The Balaban J connectivity index is 0.00000841. The number of methoxy groups -OCH3 is 1. The van der Waals surface area contributed by atoms with E-state index in [2.05, 4.69) is 41.1 Å². The molecule has 9 heteroatoms. The van der Waals surface area contributed by atoms with Crippen molar-refractivity contribution in [2.45, 2.75) is 71.5 Å². The van der Waals surface area contributed by atoms with Gasteiger partial charge in [0.15, 0.2) is 5.96 Å². The van der Waals surface area contributed by atoms with Gasteiger partial charge in [0.1, 0.15) is 0 Å². The van der Waals surface area contributed by atoms with Crippen LogP contribution in [0.1, 0.15) is 54.0 Å². The summed E-state index contributed by atoms with van der Waals surface area (Å²) in [5.41, 5.74) is 0.0622. The second-order valence-electron chi connectivity index (χ2n) is 9.13. The van der Waals surface area contributed by atoms with Gasteiger partial charge in [-0.2, -0.15) is 0 Å². The molecule has 0 saturated carbocycles. The lowest BCUT2D eigenvalue weighted by Crippen LogP contribution is -2.45. The Morgan fingerprint density at radius 2 is 1.70 bits per heavy atom. The summed E-state index contributed by atoms with van der Waals surface area (Å²) < 4.78 is 33.9. The van der Waals surface area contributed by atoms with Crippen LogP contribution in [0.3, 0.4) is 0 Å². The monoisotopic (exact) mass is 554 g/mol. The van der Waals surface area contributed by atoms with Crippen LogP contribution in [0.15, 0.2) is 34.2 Å². The van der Waals surface area contributed by atoms with Gasteiger partial charge in [0.25, 0.3) is 0 Å². The lowest BCUT2D eigenvalue weighted by atomic mass is 9.89. The van der Waals surface area contributed by atoms with Crippen LogP contribution in [0.5, 0.6) is 0 Å². The van der Waals surface area contributed by atoms with E-state index in [-0.39, 0.29) is 46.9 Å². The molecule has 0 aliphatic rings. The van der Waals surface area contributed by atoms with Crippen LogP contribution in [0, 0.1) is 5.41 Å². The van der Waals surface area contributed by atoms with Gasteiger partial charge in [0.2, 0.25) is 10.0 Å². The normalized spacial score (nSPS) is 14.1. The second-order valence-corrected chi connectivity index (χ2v) is 10.8. The number of hydrogen-bond acceptors (Lipinski definition) is 4. The Morgan fingerprint density at radius 3 is 2.20 bits per heavy atom. The molecule has 1 aromatic carbocycles. The summed E-state index contributed by atoms with van der Waals surface area (Å²) in [6, 6.07) is 6.94. The number of rotatable bonds is 8. The second kappa shape index (κ2) is 12.2. The number of guanidine groups is 1. The molecule has 7 nitrogen and oxygen atoms in total. The third-order valence-electron chi connectivity index (χ3n) is 4.16. The van der Waals surface area contributed by atoms with Crippen molar-refractivity contribution in [3.05, 3.63) is 29.8 Å². The van der Waals surface area contributed by atoms with E-state index in [1.54, 1.807) is 25.3 Å². The first-order chi connectivity index (χ1) is 13.3. The van der Waals surface area contributed by atoms with Crippen LogP contribution in [-0.4, -0.2) is 46.2 Å². The molecule has 1 aromatic rings. The molecular weight excluding hydrogens is 515 g/mol. The highest BCUT2D eigenvalue weighted by molar-refractivity contribution is 14.0. The minimum absolute atomic E-state index is 0. The fourth-order valence-electron chi connectivity index (χ4n) is 2.79. The molecule has 0 fully saturated rings. The van der Waals surface area contributed by atoms with Gasteiger partial charge in [0.05, 0.1) is 17.5 Å². The molecule has 0 amide bonds. The quantitative estimate of drug-likeness (QED) is 0.260. The summed E-state index contributed by atoms with van der Waals surface area (Å²) >= 11 is 0. The number of ether oxygens (including phenoxy) is 1. The molecule has 0 aromatic heterocycles. The number of aliphatic imine (C=N–C) groups is 1. The first-order valence-corrected chi connectivity index (χ1v) is 11.5. The van der Waals surface area contributed by atoms with Gasteiger partial charge < -0.3 is 15.4 Å². The molecule has 0 bridgehead atoms. The maximum absolute atomic E-state index is 12.8. The molecule has 0 heterocycles. The summed E-state index contributed by atoms with van der Waals surface area (Å²) in [5.74, 6) is 0.620. The van der Waals surface area contributed by atoms with Crippen molar-refractivity contribution in [2.24, 2.45) is 10.4 Å². The molecule has 0 spiro atoms. The molecule has 1 rings (SSSR count). The number of nitrogens with zero attached hydrogens (tertiary/aromatic N) is 1. The fourth-order valence-corrected chi connectivity index (χ4v) is 4.44. The van der Waals surface area contributed by atoms with Crippen molar-refractivity contribution in [3.8, 4) is 0 Å². The third-order valence-corrected chi connectivity index (χ3v) is 6.02. The summed E-state index contributed by atoms with van der Waals surface area (Å²) in [4.78, 5) is 4.84. The van der Waals surface area contributed by atoms with Gasteiger partial charge in [0, 0.05) is 25.7 Å². The number of sulfonamides is 1. The van der Waals surface area contributed by atoms with Crippen LogP contribution < -0.4 is 15.4 Å². The summed E-state index contributed by atoms with van der Waals surface area (Å²) in [6.07, 6.45) is 0.00926. The molecule has 3 N–H and O–H groups in total. The molecule has 0 aliphatic carbocycles. The van der Waals surface area contributed by atoms with Crippen molar-refractivity contribution in [1.29, 1.82) is 0 Å². The maximum Gasteiger partial charge on any atom is 0.241 e. The average molecular weight is 555 g/mol. The highest BCUT2D eigenvalue weighted by atomic mass is 127.